The lowest BCUT2D eigenvalue weighted by Gasteiger charge is -2.26. The van der Waals surface area contributed by atoms with Crippen molar-refractivity contribution in [1.29, 1.82) is 0 Å². The van der Waals surface area contributed by atoms with E-state index in [1.807, 2.05) is 11.7 Å². The third-order valence-corrected chi connectivity index (χ3v) is 6.48. The average molecular weight is 403 g/mol. The molecule has 1 saturated heterocycles. The molecule has 0 spiro atoms. The molecule has 0 aromatic carbocycles. The van der Waals surface area contributed by atoms with Gasteiger partial charge >= 0.3 is 0 Å². The molecule has 3 rings (SSSR count). The van der Waals surface area contributed by atoms with Crippen molar-refractivity contribution >= 4 is 11.9 Å². The van der Waals surface area contributed by atoms with Crippen LogP contribution in [0.15, 0.2) is 4.99 Å². The van der Waals surface area contributed by atoms with Crippen LogP contribution in [0.4, 0.5) is 0 Å². The zero-order chi connectivity index (χ0) is 20.8. The Morgan fingerprint density at radius 1 is 1.17 bits per heavy atom. The summed E-state index contributed by atoms with van der Waals surface area (Å²) in [6, 6.07) is 0.263. The molecule has 1 unspecified atom stereocenters. The van der Waals surface area contributed by atoms with Gasteiger partial charge in [-0.25, -0.2) is 0 Å². The summed E-state index contributed by atoms with van der Waals surface area (Å²) < 4.78 is 2.00. The molecule has 0 radical (unpaired) electrons. The number of hydrogen-bond donors (Lipinski definition) is 2. The Kier molecular flexibility index (Phi) is 7.56. The standard InChI is InChI=1S/C22H38N6O/c1-5-19-18(20(6-2)27(4)26-19)14-24-22(23-3)25-17-12-13-28(15-17)21(29)16-10-8-7-9-11-16/h16-17H,5-15H2,1-4H3,(H2,23,24,25). The van der Waals surface area contributed by atoms with Crippen molar-refractivity contribution < 1.29 is 4.79 Å². The Bertz CT molecular complexity index is 719. The fraction of sp³-hybridized carbons (Fsp3) is 0.773. The summed E-state index contributed by atoms with van der Waals surface area (Å²) >= 11 is 0. The van der Waals surface area contributed by atoms with Crippen LogP contribution in [0.25, 0.3) is 0 Å². The van der Waals surface area contributed by atoms with E-state index in [9.17, 15) is 4.79 Å². The summed E-state index contributed by atoms with van der Waals surface area (Å²) in [6.45, 7) is 6.67. The van der Waals surface area contributed by atoms with Gasteiger partial charge in [0.1, 0.15) is 0 Å². The topological polar surface area (TPSA) is 74.6 Å². The molecule has 1 saturated carbocycles. The number of rotatable bonds is 6. The molecule has 162 valence electrons. The van der Waals surface area contributed by atoms with Crippen molar-refractivity contribution in [3.8, 4) is 0 Å². The molecule has 1 amide bonds. The summed E-state index contributed by atoms with van der Waals surface area (Å²) in [5.41, 5.74) is 3.70. The number of amides is 1. The van der Waals surface area contributed by atoms with E-state index in [0.29, 0.717) is 5.91 Å². The Labute approximate surface area is 175 Å². The van der Waals surface area contributed by atoms with E-state index in [1.54, 1.807) is 7.05 Å². The first-order valence-corrected chi connectivity index (χ1v) is 11.4. The molecule has 2 fully saturated rings. The molecule has 2 aliphatic rings. The second-order valence-electron chi connectivity index (χ2n) is 8.38. The minimum atomic E-state index is 0.255. The summed E-state index contributed by atoms with van der Waals surface area (Å²) in [5, 5.41) is 11.6. The fourth-order valence-corrected chi connectivity index (χ4v) is 4.84. The smallest absolute Gasteiger partial charge is 0.225 e. The predicted molar refractivity (Wildman–Crippen MR) is 117 cm³/mol. The SMILES string of the molecule is CCc1nn(C)c(CC)c1CNC(=NC)NC1CCN(C(=O)C2CCCCC2)C1. The zero-order valence-corrected chi connectivity index (χ0v) is 18.6. The Morgan fingerprint density at radius 3 is 2.59 bits per heavy atom. The van der Waals surface area contributed by atoms with E-state index in [-0.39, 0.29) is 12.0 Å². The third-order valence-electron chi connectivity index (χ3n) is 6.48. The quantitative estimate of drug-likeness (QED) is 0.566. The summed E-state index contributed by atoms with van der Waals surface area (Å²) in [4.78, 5) is 19.3. The second kappa shape index (κ2) is 10.1. The van der Waals surface area contributed by atoms with Crippen LogP contribution in [0.2, 0.25) is 0 Å². The van der Waals surface area contributed by atoms with Crippen molar-refractivity contribution in [2.45, 2.75) is 77.8 Å². The highest BCUT2D eigenvalue weighted by molar-refractivity contribution is 5.81. The molecule has 2 heterocycles. The van der Waals surface area contributed by atoms with Crippen molar-refractivity contribution in [2.75, 3.05) is 20.1 Å². The van der Waals surface area contributed by atoms with Crippen LogP contribution in [0.5, 0.6) is 0 Å². The number of hydrogen-bond acceptors (Lipinski definition) is 3. The molecular weight excluding hydrogens is 364 g/mol. The largest absolute Gasteiger partial charge is 0.352 e. The Hall–Kier alpha value is -2.05. The number of carbonyl (C=O) groups excluding carboxylic acids is 1. The van der Waals surface area contributed by atoms with E-state index in [2.05, 4.69) is 39.5 Å². The number of nitrogens with one attached hydrogen (secondary N) is 2. The zero-order valence-electron chi connectivity index (χ0n) is 18.6. The highest BCUT2D eigenvalue weighted by atomic mass is 16.2. The number of carbonyl (C=O) groups is 1. The first-order chi connectivity index (χ1) is 14.1. The van der Waals surface area contributed by atoms with Gasteiger partial charge in [-0.3, -0.25) is 14.5 Å². The number of guanidine groups is 1. The minimum Gasteiger partial charge on any atom is -0.352 e. The van der Waals surface area contributed by atoms with Gasteiger partial charge in [0.05, 0.1) is 5.69 Å². The molecule has 7 heteroatoms. The van der Waals surface area contributed by atoms with Gasteiger partial charge in [0.15, 0.2) is 5.96 Å². The maximum atomic E-state index is 12.8. The first-order valence-electron chi connectivity index (χ1n) is 11.4. The van der Waals surface area contributed by atoms with E-state index in [4.69, 9.17) is 0 Å². The van der Waals surface area contributed by atoms with Gasteiger partial charge in [-0.1, -0.05) is 33.1 Å². The third kappa shape index (κ3) is 5.11. The molecule has 2 N–H and O–H groups in total. The van der Waals surface area contributed by atoms with Crippen LogP contribution in [-0.4, -0.2) is 52.7 Å². The van der Waals surface area contributed by atoms with Gasteiger partial charge in [-0.05, 0) is 32.1 Å². The number of aryl methyl sites for hydroxylation is 2. The average Bonchev–Trinajstić information content (AvgIpc) is 3.34. The lowest BCUT2D eigenvalue weighted by atomic mass is 9.88. The predicted octanol–water partition coefficient (Wildman–Crippen LogP) is 2.39. The van der Waals surface area contributed by atoms with Gasteiger partial charge in [0.2, 0.25) is 5.91 Å². The lowest BCUT2D eigenvalue weighted by Crippen LogP contribution is -2.45. The summed E-state index contributed by atoms with van der Waals surface area (Å²) in [6.07, 6.45) is 8.71. The van der Waals surface area contributed by atoms with Gasteiger partial charge in [0.25, 0.3) is 0 Å². The summed E-state index contributed by atoms with van der Waals surface area (Å²) in [5.74, 6) is 1.42. The maximum absolute atomic E-state index is 12.8. The first kappa shape index (κ1) is 21.7. The van der Waals surface area contributed by atoms with Crippen molar-refractivity contribution in [3.05, 3.63) is 17.0 Å². The lowest BCUT2D eigenvalue weighted by molar-refractivity contribution is -0.135. The van der Waals surface area contributed by atoms with Crippen LogP contribution in [0.3, 0.4) is 0 Å². The van der Waals surface area contributed by atoms with Crippen molar-refractivity contribution in [1.82, 2.24) is 25.3 Å². The molecule has 1 aliphatic carbocycles. The Morgan fingerprint density at radius 2 is 1.93 bits per heavy atom. The highest BCUT2D eigenvalue weighted by Gasteiger charge is 2.31. The highest BCUT2D eigenvalue weighted by Crippen LogP contribution is 2.26. The van der Waals surface area contributed by atoms with Gasteiger partial charge in [-0.2, -0.15) is 5.10 Å². The number of aliphatic imine (C=N–C) groups is 1. The molecule has 1 atom stereocenters. The molecule has 1 aromatic heterocycles. The van der Waals surface area contributed by atoms with Gasteiger partial charge in [0, 0.05) is 56.9 Å². The van der Waals surface area contributed by atoms with Crippen molar-refractivity contribution in [3.63, 3.8) is 0 Å². The molecule has 1 aliphatic heterocycles. The molecule has 0 bridgehead atoms. The summed E-state index contributed by atoms with van der Waals surface area (Å²) in [7, 11) is 3.82. The van der Waals surface area contributed by atoms with Crippen LogP contribution < -0.4 is 10.6 Å². The second-order valence-corrected chi connectivity index (χ2v) is 8.38. The van der Waals surface area contributed by atoms with Gasteiger partial charge in [-0.15, -0.1) is 0 Å². The van der Waals surface area contributed by atoms with E-state index >= 15 is 0 Å². The van der Waals surface area contributed by atoms with Crippen LogP contribution in [0, 0.1) is 5.92 Å². The van der Waals surface area contributed by atoms with Crippen LogP contribution >= 0.6 is 0 Å². The van der Waals surface area contributed by atoms with E-state index in [0.717, 1.165) is 63.4 Å². The number of nitrogens with zero attached hydrogens (tertiary/aromatic N) is 4. The minimum absolute atomic E-state index is 0.255. The molecule has 7 nitrogen and oxygen atoms in total. The molecular formula is C22H38N6O. The van der Waals surface area contributed by atoms with E-state index in [1.165, 1.54) is 30.5 Å². The number of aromatic nitrogens is 2. The maximum Gasteiger partial charge on any atom is 0.225 e. The van der Waals surface area contributed by atoms with Gasteiger partial charge < -0.3 is 15.5 Å². The molecule has 29 heavy (non-hydrogen) atoms. The van der Waals surface area contributed by atoms with Crippen molar-refractivity contribution in [2.24, 2.45) is 18.0 Å². The van der Waals surface area contributed by atoms with Crippen LogP contribution in [-0.2, 0) is 31.2 Å². The monoisotopic (exact) mass is 402 g/mol. The molecule has 1 aromatic rings. The van der Waals surface area contributed by atoms with Crippen LogP contribution in [0.1, 0.15) is 69.3 Å². The Balaban J connectivity index is 1.53. The number of likely N-dealkylation sites (tertiary alicyclic amines) is 1. The fourth-order valence-electron chi connectivity index (χ4n) is 4.84. The normalized spacial score (nSPS) is 20.9. The van der Waals surface area contributed by atoms with E-state index < -0.39 is 0 Å².